The summed E-state index contributed by atoms with van der Waals surface area (Å²) in [6, 6.07) is 13.2. The SMILES string of the molecule is N#CCc1ccc2ccccc2c1C(N)=O. The van der Waals surface area contributed by atoms with Gasteiger partial charge in [-0.1, -0.05) is 36.4 Å². The largest absolute Gasteiger partial charge is 0.366 e. The lowest BCUT2D eigenvalue weighted by atomic mass is 9.97. The summed E-state index contributed by atoms with van der Waals surface area (Å²) in [6.45, 7) is 0. The van der Waals surface area contributed by atoms with Crippen molar-refractivity contribution in [1.29, 1.82) is 5.26 Å². The van der Waals surface area contributed by atoms with Crippen LogP contribution >= 0.6 is 0 Å². The van der Waals surface area contributed by atoms with Crippen LogP contribution in [0.25, 0.3) is 10.8 Å². The molecule has 2 aromatic carbocycles. The van der Waals surface area contributed by atoms with Crippen LogP contribution in [-0.2, 0) is 6.42 Å². The van der Waals surface area contributed by atoms with Gasteiger partial charge in [0.2, 0.25) is 5.91 Å². The van der Waals surface area contributed by atoms with Crippen LogP contribution in [0.3, 0.4) is 0 Å². The maximum Gasteiger partial charge on any atom is 0.249 e. The van der Waals surface area contributed by atoms with Crippen LogP contribution in [0.15, 0.2) is 36.4 Å². The molecule has 16 heavy (non-hydrogen) atoms. The van der Waals surface area contributed by atoms with E-state index in [2.05, 4.69) is 0 Å². The maximum atomic E-state index is 11.4. The Labute approximate surface area is 93.1 Å². The van der Waals surface area contributed by atoms with Gasteiger partial charge in [-0.2, -0.15) is 5.26 Å². The minimum Gasteiger partial charge on any atom is -0.366 e. The van der Waals surface area contributed by atoms with Crippen LogP contribution < -0.4 is 5.73 Å². The summed E-state index contributed by atoms with van der Waals surface area (Å²) in [6.07, 6.45) is 0.198. The molecule has 0 bridgehead atoms. The molecule has 0 unspecified atom stereocenters. The third kappa shape index (κ3) is 1.61. The van der Waals surface area contributed by atoms with E-state index in [9.17, 15) is 4.79 Å². The smallest absolute Gasteiger partial charge is 0.249 e. The van der Waals surface area contributed by atoms with Gasteiger partial charge in [-0.25, -0.2) is 0 Å². The van der Waals surface area contributed by atoms with Gasteiger partial charge in [-0.3, -0.25) is 4.79 Å². The molecule has 0 aromatic heterocycles. The second kappa shape index (κ2) is 4.03. The molecule has 0 radical (unpaired) electrons. The molecule has 0 atom stereocenters. The fraction of sp³-hybridized carbons (Fsp3) is 0.0769. The zero-order chi connectivity index (χ0) is 11.5. The minimum atomic E-state index is -0.484. The third-order valence-corrected chi connectivity index (χ3v) is 2.53. The molecular formula is C13H10N2O. The van der Waals surface area contributed by atoms with E-state index in [0.29, 0.717) is 11.1 Å². The van der Waals surface area contributed by atoms with Crippen LogP contribution in [0.1, 0.15) is 15.9 Å². The van der Waals surface area contributed by atoms with E-state index in [1.165, 1.54) is 0 Å². The van der Waals surface area contributed by atoms with E-state index < -0.39 is 5.91 Å². The number of primary amides is 1. The molecule has 0 aliphatic heterocycles. The first-order valence-corrected chi connectivity index (χ1v) is 4.91. The number of amides is 1. The van der Waals surface area contributed by atoms with Gasteiger partial charge in [0.25, 0.3) is 0 Å². The average molecular weight is 210 g/mol. The van der Waals surface area contributed by atoms with Crippen LogP contribution in [0.5, 0.6) is 0 Å². The first kappa shape index (κ1) is 10.2. The summed E-state index contributed by atoms with van der Waals surface area (Å²) in [5.41, 5.74) is 6.51. The summed E-state index contributed by atoms with van der Waals surface area (Å²) < 4.78 is 0. The number of nitrogens with zero attached hydrogens (tertiary/aromatic N) is 1. The van der Waals surface area contributed by atoms with Gasteiger partial charge in [0.15, 0.2) is 0 Å². The highest BCUT2D eigenvalue weighted by Gasteiger charge is 2.11. The molecule has 2 rings (SSSR count). The van der Waals surface area contributed by atoms with Crippen molar-refractivity contribution in [2.24, 2.45) is 5.73 Å². The van der Waals surface area contributed by atoms with Gasteiger partial charge in [0.1, 0.15) is 0 Å². The summed E-state index contributed by atoms with van der Waals surface area (Å²) in [5.74, 6) is -0.484. The summed E-state index contributed by atoms with van der Waals surface area (Å²) in [7, 11) is 0. The monoisotopic (exact) mass is 210 g/mol. The first-order chi connectivity index (χ1) is 7.74. The summed E-state index contributed by atoms with van der Waals surface area (Å²) >= 11 is 0. The lowest BCUT2D eigenvalue weighted by Crippen LogP contribution is -2.14. The molecule has 0 heterocycles. The third-order valence-electron chi connectivity index (χ3n) is 2.53. The lowest BCUT2D eigenvalue weighted by molar-refractivity contribution is 0.100. The molecular weight excluding hydrogens is 200 g/mol. The molecule has 0 aliphatic rings. The van der Waals surface area contributed by atoms with Gasteiger partial charge in [-0.05, 0) is 16.3 Å². The molecule has 1 amide bonds. The maximum absolute atomic E-state index is 11.4. The van der Waals surface area contributed by atoms with Crippen molar-refractivity contribution in [3.63, 3.8) is 0 Å². The topological polar surface area (TPSA) is 66.9 Å². The molecule has 0 fully saturated rings. The van der Waals surface area contributed by atoms with Crippen LogP contribution in [0.4, 0.5) is 0 Å². The van der Waals surface area contributed by atoms with E-state index in [4.69, 9.17) is 11.0 Å². The number of carbonyl (C=O) groups excluding carboxylic acids is 1. The summed E-state index contributed by atoms with van der Waals surface area (Å²) in [4.78, 5) is 11.4. The van der Waals surface area contributed by atoms with E-state index in [1.807, 2.05) is 36.4 Å². The lowest BCUT2D eigenvalue weighted by Gasteiger charge is -2.07. The first-order valence-electron chi connectivity index (χ1n) is 4.91. The molecule has 0 aliphatic carbocycles. The molecule has 0 spiro atoms. The van der Waals surface area contributed by atoms with Crippen molar-refractivity contribution >= 4 is 16.7 Å². The van der Waals surface area contributed by atoms with Crippen molar-refractivity contribution in [3.05, 3.63) is 47.5 Å². The predicted octanol–water partition coefficient (Wildman–Crippen LogP) is 2.00. The number of hydrogen-bond donors (Lipinski definition) is 1. The highest BCUT2D eigenvalue weighted by molar-refractivity contribution is 6.07. The molecule has 2 N–H and O–H groups in total. The van der Waals surface area contributed by atoms with Crippen LogP contribution in [-0.4, -0.2) is 5.91 Å². The van der Waals surface area contributed by atoms with Crippen LogP contribution in [0, 0.1) is 11.3 Å². The second-order valence-corrected chi connectivity index (χ2v) is 3.52. The van der Waals surface area contributed by atoms with Crippen molar-refractivity contribution in [2.75, 3.05) is 0 Å². The van der Waals surface area contributed by atoms with Crippen molar-refractivity contribution < 1.29 is 4.79 Å². The summed E-state index contributed by atoms with van der Waals surface area (Å²) in [5, 5.41) is 10.5. The Bertz CT molecular complexity index is 596. The Balaban J connectivity index is 2.80. The second-order valence-electron chi connectivity index (χ2n) is 3.52. The van der Waals surface area contributed by atoms with Gasteiger partial charge in [-0.15, -0.1) is 0 Å². The van der Waals surface area contributed by atoms with E-state index in [1.54, 1.807) is 6.07 Å². The zero-order valence-corrected chi connectivity index (χ0v) is 8.60. The number of nitriles is 1. The van der Waals surface area contributed by atoms with Gasteiger partial charge >= 0.3 is 0 Å². The highest BCUT2D eigenvalue weighted by Crippen LogP contribution is 2.22. The average Bonchev–Trinajstić information content (AvgIpc) is 2.28. The zero-order valence-electron chi connectivity index (χ0n) is 8.60. The Morgan fingerprint density at radius 3 is 2.69 bits per heavy atom. The number of nitrogens with two attached hydrogens (primary N) is 1. The fourth-order valence-corrected chi connectivity index (χ4v) is 1.84. The normalized spacial score (nSPS) is 9.94. The number of hydrogen-bond acceptors (Lipinski definition) is 2. The van der Waals surface area contributed by atoms with E-state index in [-0.39, 0.29) is 6.42 Å². The van der Waals surface area contributed by atoms with Gasteiger partial charge < -0.3 is 5.73 Å². The molecule has 0 saturated heterocycles. The van der Waals surface area contributed by atoms with Crippen molar-refractivity contribution in [2.45, 2.75) is 6.42 Å². The Hall–Kier alpha value is -2.34. The van der Waals surface area contributed by atoms with Crippen molar-refractivity contribution in [1.82, 2.24) is 0 Å². The molecule has 78 valence electrons. The van der Waals surface area contributed by atoms with Gasteiger partial charge in [0, 0.05) is 0 Å². The number of rotatable bonds is 2. The molecule has 3 nitrogen and oxygen atoms in total. The fourth-order valence-electron chi connectivity index (χ4n) is 1.84. The Morgan fingerprint density at radius 2 is 2.00 bits per heavy atom. The van der Waals surface area contributed by atoms with Crippen LogP contribution in [0.2, 0.25) is 0 Å². The minimum absolute atomic E-state index is 0.198. The highest BCUT2D eigenvalue weighted by atomic mass is 16.1. The van der Waals surface area contributed by atoms with Gasteiger partial charge in [0.05, 0.1) is 18.1 Å². The predicted molar refractivity (Wildman–Crippen MR) is 61.8 cm³/mol. The van der Waals surface area contributed by atoms with E-state index in [0.717, 1.165) is 10.8 Å². The number of fused-ring (bicyclic) bond motifs is 1. The molecule has 2 aromatic rings. The molecule has 3 heteroatoms. The van der Waals surface area contributed by atoms with Crippen molar-refractivity contribution in [3.8, 4) is 6.07 Å². The quantitative estimate of drug-likeness (QED) is 0.823. The Morgan fingerprint density at radius 1 is 1.25 bits per heavy atom. The number of benzene rings is 2. The standard InChI is InChI=1S/C13H10N2O/c14-8-7-10-6-5-9-3-1-2-4-11(9)12(10)13(15)16/h1-6H,7H2,(H2,15,16). The Kier molecular flexibility index (Phi) is 2.57. The number of carbonyl (C=O) groups is 1. The molecule has 0 saturated carbocycles. The van der Waals surface area contributed by atoms with E-state index >= 15 is 0 Å².